The minimum absolute atomic E-state index is 0.0776. The molecule has 3 rings (SSSR count). The number of hydrogen-bond acceptors (Lipinski definition) is 6. The molecule has 2 aromatic rings. The Morgan fingerprint density at radius 1 is 1.06 bits per heavy atom. The Balaban J connectivity index is 1.94. The van der Waals surface area contributed by atoms with Crippen molar-refractivity contribution >= 4 is 57.2 Å². The standard InChI is InChI=1S/C24H27IN2O4S/c1-4-29-13-12-27-23(28)21(32-24(27)26-18-10-8-7-9-11-18)16-17-14-19(25)22(31-6-3)20(15-17)30-5-2/h7-11,14-16H,4-6,12-13H2,1-3H3/b21-16-,26-24?. The lowest BCUT2D eigenvalue weighted by atomic mass is 10.2. The van der Waals surface area contributed by atoms with Gasteiger partial charge in [0.2, 0.25) is 0 Å². The van der Waals surface area contributed by atoms with Gasteiger partial charge in [-0.25, -0.2) is 4.99 Å². The second kappa shape index (κ2) is 12.3. The van der Waals surface area contributed by atoms with E-state index in [1.807, 2.05) is 69.3 Å². The molecule has 0 saturated carbocycles. The molecule has 32 heavy (non-hydrogen) atoms. The van der Waals surface area contributed by atoms with Crippen molar-refractivity contribution in [3.63, 3.8) is 0 Å². The van der Waals surface area contributed by atoms with Gasteiger partial charge in [0.05, 0.1) is 40.5 Å². The van der Waals surface area contributed by atoms with E-state index in [1.54, 1.807) is 4.90 Å². The summed E-state index contributed by atoms with van der Waals surface area (Å²) >= 11 is 3.61. The van der Waals surface area contributed by atoms with Crippen LogP contribution in [0.2, 0.25) is 0 Å². The molecular weight excluding hydrogens is 539 g/mol. The highest BCUT2D eigenvalue weighted by Gasteiger charge is 2.33. The topological polar surface area (TPSA) is 60.4 Å². The fourth-order valence-electron chi connectivity index (χ4n) is 3.07. The Morgan fingerprint density at radius 2 is 1.81 bits per heavy atom. The molecular formula is C24H27IN2O4S. The average molecular weight is 566 g/mol. The van der Waals surface area contributed by atoms with Crippen LogP contribution in [0.4, 0.5) is 5.69 Å². The number of carbonyl (C=O) groups excluding carboxylic acids is 1. The van der Waals surface area contributed by atoms with Gasteiger partial charge >= 0.3 is 0 Å². The highest BCUT2D eigenvalue weighted by Crippen LogP contribution is 2.38. The molecule has 0 N–H and O–H groups in total. The first-order valence-corrected chi connectivity index (χ1v) is 12.5. The number of halogens is 1. The lowest BCUT2D eigenvalue weighted by molar-refractivity contribution is -0.122. The summed E-state index contributed by atoms with van der Waals surface area (Å²) in [5.41, 5.74) is 1.68. The van der Waals surface area contributed by atoms with Crippen LogP contribution in [0.5, 0.6) is 11.5 Å². The zero-order chi connectivity index (χ0) is 22.9. The van der Waals surface area contributed by atoms with Crippen LogP contribution in [0.25, 0.3) is 6.08 Å². The van der Waals surface area contributed by atoms with Crippen molar-refractivity contribution in [3.05, 3.63) is 56.5 Å². The van der Waals surface area contributed by atoms with Crippen LogP contribution in [0, 0.1) is 3.57 Å². The lowest BCUT2D eigenvalue weighted by Crippen LogP contribution is -2.32. The van der Waals surface area contributed by atoms with E-state index in [0.717, 1.165) is 20.6 Å². The molecule has 1 fully saturated rings. The third-order valence-corrected chi connectivity index (χ3v) is 6.26. The van der Waals surface area contributed by atoms with Crippen molar-refractivity contribution in [2.45, 2.75) is 20.8 Å². The maximum Gasteiger partial charge on any atom is 0.266 e. The van der Waals surface area contributed by atoms with Crippen molar-refractivity contribution in [3.8, 4) is 11.5 Å². The summed E-state index contributed by atoms with van der Waals surface area (Å²) in [6.45, 7) is 8.42. The van der Waals surface area contributed by atoms with Crippen molar-refractivity contribution in [2.24, 2.45) is 4.99 Å². The normalized spacial score (nSPS) is 16.2. The molecule has 0 atom stereocenters. The Kier molecular flexibility index (Phi) is 9.43. The van der Waals surface area contributed by atoms with E-state index >= 15 is 0 Å². The molecule has 2 aromatic carbocycles. The number of hydrogen-bond donors (Lipinski definition) is 0. The number of ether oxygens (including phenoxy) is 3. The van der Waals surface area contributed by atoms with E-state index < -0.39 is 0 Å². The van der Waals surface area contributed by atoms with Gasteiger partial charge in [-0.05, 0) is 91.0 Å². The third-order valence-electron chi connectivity index (χ3n) is 4.45. The van der Waals surface area contributed by atoms with E-state index in [4.69, 9.17) is 19.2 Å². The zero-order valence-electron chi connectivity index (χ0n) is 18.5. The Bertz CT molecular complexity index is 995. The van der Waals surface area contributed by atoms with Gasteiger partial charge in [0.25, 0.3) is 5.91 Å². The van der Waals surface area contributed by atoms with Gasteiger partial charge in [-0.3, -0.25) is 9.69 Å². The van der Waals surface area contributed by atoms with Crippen LogP contribution >= 0.6 is 34.4 Å². The van der Waals surface area contributed by atoms with Crippen LogP contribution < -0.4 is 9.47 Å². The van der Waals surface area contributed by atoms with Crippen LogP contribution in [-0.2, 0) is 9.53 Å². The third kappa shape index (κ3) is 6.26. The molecule has 1 amide bonds. The number of nitrogens with zero attached hydrogens (tertiary/aromatic N) is 2. The largest absolute Gasteiger partial charge is 0.490 e. The summed E-state index contributed by atoms with van der Waals surface area (Å²) in [4.78, 5) is 20.2. The number of thioether (sulfide) groups is 1. The van der Waals surface area contributed by atoms with Crippen LogP contribution in [0.15, 0.2) is 52.4 Å². The van der Waals surface area contributed by atoms with Gasteiger partial charge in [-0.2, -0.15) is 0 Å². The minimum atomic E-state index is -0.0776. The molecule has 0 radical (unpaired) electrons. The first-order valence-electron chi connectivity index (χ1n) is 10.6. The summed E-state index contributed by atoms with van der Waals surface area (Å²) < 4.78 is 18.0. The molecule has 0 aliphatic carbocycles. The Labute approximate surface area is 207 Å². The van der Waals surface area contributed by atoms with Gasteiger partial charge in [0, 0.05) is 6.61 Å². The molecule has 0 spiro atoms. The van der Waals surface area contributed by atoms with Gasteiger partial charge in [-0.1, -0.05) is 18.2 Å². The lowest BCUT2D eigenvalue weighted by Gasteiger charge is -2.15. The van der Waals surface area contributed by atoms with E-state index in [1.165, 1.54) is 11.8 Å². The van der Waals surface area contributed by atoms with Crippen LogP contribution in [-0.4, -0.2) is 48.9 Å². The summed E-state index contributed by atoms with van der Waals surface area (Å²) in [5.74, 6) is 1.33. The van der Waals surface area contributed by atoms with Crippen molar-refractivity contribution < 1.29 is 19.0 Å². The van der Waals surface area contributed by atoms with E-state index in [2.05, 4.69) is 22.6 Å². The fraction of sp³-hybridized carbons (Fsp3) is 0.333. The second-order valence-electron chi connectivity index (χ2n) is 6.69. The number of amidine groups is 1. The molecule has 1 aliphatic heterocycles. The summed E-state index contributed by atoms with van der Waals surface area (Å²) in [5, 5.41) is 0.651. The number of carbonyl (C=O) groups is 1. The molecule has 1 heterocycles. The van der Waals surface area contributed by atoms with Crippen molar-refractivity contribution in [1.82, 2.24) is 4.90 Å². The number of benzene rings is 2. The summed E-state index contributed by atoms with van der Waals surface area (Å²) in [6.07, 6.45) is 1.88. The van der Waals surface area contributed by atoms with Gasteiger partial charge in [0.1, 0.15) is 0 Å². The van der Waals surface area contributed by atoms with Crippen LogP contribution in [0.3, 0.4) is 0 Å². The molecule has 0 bridgehead atoms. The van der Waals surface area contributed by atoms with E-state index in [9.17, 15) is 4.79 Å². The minimum Gasteiger partial charge on any atom is -0.490 e. The van der Waals surface area contributed by atoms with E-state index in [0.29, 0.717) is 48.8 Å². The molecule has 8 heteroatoms. The maximum atomic E-state index is 13.2. The Hall–Kier alpha value is -2.04. The SMILES string of the molecule is CCOCCN1C(=O)/C(=C/c2cc(I)c(OCC)c(OCC)c2)SC1=Nc1ccccc1. The van der Waals surface area contributed by atoms with Crippen molar-refractivity contribution in [2.75, 3.05) is 33.0 Å². The predicted octanol–water partition coefficient (Wildman–Crippen LogP) is 5.73. The summed E-state index contributed by atoms with van der Waals surface area (Å²) in [7, 11) is 0. The molecule has 170 valence electrons. The fourth-order valence-corrected chi connectivity index (χ4v) is 4.88. The molecule has 0 unspecified atom stereocenters. The number of para-hydroxylation sites is 1. The first kappa shape index (κ1) is 24.6. The smallest absolute Gasteiger partial charge is 0.266 e. The average Bonchev–Trinajstić information content (AvgIpc) is 3.06. The molecule has 1 aliphatic rings. The number of amides is 1. The van der Waals surface area contributed by atoms with Gasteiger partial charge < -0.3 is 14.2 Å². The zero-order valence-corrected chi connectivity index (χ0v) is 21.4. The highest BCUT2D eigenvalue weighted by molar-refractivity contribution is 14.1. The molecule has 0 aromatic heterocycles. The maximum absolute atomic E-state index is 13.2. The monoisotopic (exact) mass is 566 g/mol. The first-order chi connectivity index (χ1) is 15.6. The second-order valence-corrected chi connectivity index (χ2v) is 8.86. The Morgan fingerprint density at radius 3 is 2.50 bits per heavy atom. The summed E-state index contributed by atoms with van der Waals surface area (Å²) in [6, 6.07) is 13.5. The predicted molar refractivity (Wildman–Crippen MR) is 139 cm³/mol. The number of rotatable bonds is 10. The van der Waals surface area contributed by atoms with Gasteiger partial charge in [0.15, 0.2) is 16.7 Å². The molecule has 6 nitrogen and oxygen atoms in total. The van der Waals surface area contributed by atoms with Crippen LogP contribution in [0.1, 0.15) is 26.3 Å². The highest BCUT2D eigenvalue weighted by atomic mass is 127. The quantitative estimate of drug-likeness (QED) is 0.209. The number of aliphatic imine (C=N–C) groups is 1. The van der Waals surface area contributed by atoms with Crippen molar-refractivity contribution in [1.29, 1.82) is 0 Å². The van der Waals surface area contributed by atoms with Gasteiger partial charge in [-0.15, -0.1) is 0 Å². The van der Waals surface area contributed by atoms with E-state index in [-0.39, 0.29) is 5.91 Å². The molecule has 1 saturated heterocycles.